The van der Waals surface area contributed by atoms with Crippen molar-refractivity contribution in [3.63, 3.8) is 0 Å². The summed E-state index contributed by atoms with van der Waals surface area (Å²) in [6, 6.07) is 9.04. The number of hydrogen-bond acceptors (Lipinski definition) is 2. The van der Waals surface area contributed by atoms with Gasteiger partial charge < -0.3 is 10.6 Å². The zero-order valence-electron chi connectivity index (χ0n) is 12.3. The van der Waals surface area contributed by atoms with E-state index < -0.39 is 0 Å². The SMILES string of the molecule is CCCC(C)C(CN)N(CC)c1ccccc1C. The Morgan fingerprint density at radius 1 is 1.22 bits per heavy atom. The third-order valence-electron chi connectivity index (χ3n) is 3.81. The highest BCUT2D eigenvalue weighted by Crippen LogP contribution is 2.25. The molecular formula is C16H28N2. The van der Waals surface area contributed by atoms with Crippen molar-refractivity contribution in [2.75, 3.05) is 18.0 Å². The molecule has 0 fully saturated rings. The van der Waals surface area contributed by atoms with Gasteiger partial charge in [-0.25, -0.2) is 0 Å². The molecule has 0 saturated heterocycles. The Morgan fingerprint density at radius 3 is 2.39 bits per heavy atom. The molecule has 1 aromatic rings. The molecule has 0 aromatic heterocycles. The number of para-hydroxylation sites is 1. The van der Waals surface area contributed by atoms with Gasteiger partial charge in [-0.3, -0.25) is 0 Å². The van der Waals surface area contributed by atoms with Crippen LogP contribution >= 0.6 is 0 Å². The Morgan fingerprint density at radius 2 is 1.89 bits per heavy atom. The summed E-state index contributed by atoms with van der Waals surface area (Å²) in [6.07, 6.45) is 2.47. The van der Waals surface area contributed by atoms with E-state index >= 15 is 0 Å². The molecule has 2 unspecified atom stereocenters. The second kappa shape index (κ2) is 7.42. The first kappa shape index (κ1) is 15.0. The second-order valence-corrected chi connectivity index (χ2v) is 5.14. The van der Waals surface area contributed by atoms with Gasteiger partial charge in [0, 0.05) is 24.8 Å². The maximum atomic E-state index is 6.03. The zero-order valence-corrected chi connectivity index (χ0v) is 12.3. The Balaban J connectivity index is 2.96. The zero-order chi connectivity index (χ0) is 13.5. The fourth-order valence-corrected chi connectivity index (χ4v) is 2.78. The number of nitrogens with zero attached hydrogens (tertiary/aromatic N) is 1. The van der Waals surface area contributed by atoms with E-state index in [1.807, 2.05) is 0 Å². The van der Waals surface area contributed by atoms with E-state index in [0.29, 0.717) is 12.0 Å². The van der Waals surface area contributed by atoms with Crippen LogP contribution in [-0.4, -0.2) is 19.1 Å². The van der Waals surface area contributed by atoms with E-state index in [1.54, 1.807) is 0 Å². The molecule has 0 heterocycles. The lowest BCUT2D eigenvalue weighted by molar-refractivity contribution is 0.404. The van der Waals surface area contributed by atoms with Gasteiger partial charge in [0.25, 0.3) is 0 Å². The van der Waals surface area contributed by atoms with Crippen molar-refractivity contribution in [2.45, 2.75) is 46.6 Å². The minimum atomic E-state index is 0.441. The van der Waals surface area contributed by atoms with Crippen LogP contribution in [0.1, 0.15) is 39.2 Å². The highest BCUT2D eigenvalue weighted by Gasteiger charge is 2.22. The van der Waals surface area contributed by atoms with Crippen LogP contribution in [0.2, 0.25) is 0 Å². The summed E-state index contributed by atoms with van der Waals surface area (Å²) in [5.41, 5.74) is 8.69. The minimum absolute atomic E-state index is 0.441. The van der Waals surface area contributed by atoms with E-state index in [2.05, 4.69) is 56.9 Å². The molecule has 18 heavy (non-hydrogen) atoms. The molecule has 2 heteroatoms. The van der Waals surface area contributed by atoms with E-state index in [-0.39, 0.29) is 0 Å². The van der Waals surface area contributed by atoms with E-state index in [9.17, 15) is 0 Å². The van der Waals surface area contributed by atoms with Gasteiger partial charge in [-0.2, -0.15) is 0 Å². The quantitative estimate of drug-likeness (QED) is 0.799. The lowest BCUT2D eigenvalue weighted by Gasteiger charge is -2.37. The summed E-state index contributed by atoms with van der Waals surface area (Å²) in [5, 5.41) is 0. The lowest BCUT2D eigenvalue weighted by atomic mass is 9.94. The average Bonchev–Trinajstić information content (AvgIpc) is 2.37. The van der Waals surface area contributed by atoms with Crippen LogP contribution in [0.3, 0.4) is 0 Å². The summed E-state index contributed by atoms with van der Waals surface area (Å²) in [5.74, 6) is 0.638. The summed E-state index contributed by atoms with van der Waals surface area (Å²) in [7, 11) is 0. The second-order valence-electron chi connectivity index (χ2n) is 5.14. The monoisotopic (exact) mass is 248 g/mol. The first-order valence-corrected chi connectivity index (χ1v) is 7.18. The molecule has 0 spiro atoms. The van der Waals surface area contributed by atoms with Gasteiger partial charge in [-0.05, 0) is 37.8 Å². The van der Waals surface area contributed by atoms with E-state index in [0.717, 1.165) is 13.1 Å². The van der Waals surface area contributed by atoms with Crippen LogP contribution in [0.15, 0.2) is 24.3 Å². The molecule has 1 rings (SSSR count). The number of nitrogens with two attached hydrogens (primary N) is 1. The minimum Gasteiger partial charge on any atom is -0.367 e. The highest BCUT2D eigenvalue weighted by atomic mass is 15.2. The Bertz CT molecular complexity index is 349. The third kappa shape index (κ3) is 3.49. The molecule has 1 aromatic carbocycles. The molecule has 2 atom stereocenters. The number of benzene rings is 1. The first-order valence-electron chi connectivity index (χ1n) is 7.18. The van der Waals surface area contributed by atoms with Crippen molar-refractivity contribution in [3.8, 4) is 0 Å². The maximum absolute atomic E-state index is 6.03. The number of likely N-dealkylation sites (N-methyl/N-ethyl adjacent to an activating group) is 1. The van der Waals surface area contributed by atoms with Gasteiger partial charge in [0.2, 0.25) is 0 Å². The van der Waals surface area contributed by atoms with Crippen molar-refractivity contribution < 1.29 is 0 Å². The smallest absolute Gasteiger partial charge is 0.0437 e. The topological polar surface area (TPSA) is 29.3 Å². The van der Waals surface area contributed by atoms with E-state index in [1.165, 1.54) is 24.1 Å². The molecular weight excluding hydrogens is 220 g/mol. The van der Waals surface area contributed by atoms with Crippen molar-refractivity contribution in [3.05, 3.63) is 29.8 Å². The van der Waals surface area contributed by atoms with Gasteiger partial charge in [0.15, 0.2) is 0 Å². The maximum Gasteiger partial charge on any atom is 0.0437 e. The van der Waals surface area contributed by atoms with E-state index in [4.69, 9.17) is 5.73 Å². The van der Waals surface area contributed by atoms with Crippen LogP contribution in [0.25, 0.3) is 0 Å². The number of anilines is 1. The van der Waals surface area contributed by atoms with Crippen LogP contribution < -0.4 is 10.6 Å². The molecule has 0 aliphatic rings. The summed E-state index contributed by atoms with van der Waals surface area (Å²) < 4.78 is 0. The largest absolute Gasteiger partial charge is 0.367 e. The van der Waals surface area contributed by atoms with Crippen molar-refractivity contribution in [1.82, 2.24) is 0 Å². The van der Waals surface area contributed by atoms with Gasteiger partial charge in [0.05, 0.1) is 0 Å². The first-order chi connectivity index (χ1) is 8.65. The van der Waals surface area contributed by atoms with Gasteiger partial charge >= 0.3 is 0 Å². The van der Waals surface area contributed by atoms with Crippen molar-refractivity contribution in [2.24, 2.45) is 11.7 Å². The Labute approximate surface area is 112 Å². The van der Waals surface area contributed by atoms with Crippen molar-refractivity contribution >= 4 is 5.69 Å². The van der Waals surface area contributed by atoms with Crippen LogP contribution in [0.5, 0.6) is 0 Å². The highest BCUT2D eigenvalue weighted by molar-refractivity contribution is 5.53. The molecule has 102 valence electrons. The molecule has 2 N–H and O–H groups in total. The van der Waals surface area contributed by atoms with Crippen LogP contribution in [-0.2, 0) is 0 Å². The van der Waals surface area contributed by atoms with Gasteiger partial charge in [0.1, 0.15) is 0 Å². The van der Waals surface area contributed by atoms with Gasteiger partial charge in [-0.15, -0.1) is 0 Å². The summed E-state index contributed by atoms with van der Waals surface area (Å²) >= 11 is 0. The number of aryl methyl sites for hydroxylation is 1. The Hall–Kier alpha value is -1.02. The van der Waals surface area contributed by atoms with Crippen LogP contribution in [0, 0.1) is 12.8 Å². The predicted octanol–water partition coefficient (Wildman–Crippen LogP) is 3.58. The fourth-order valence-electron chi connectivity index (χ4n) is 2.78. The third-order valence-corrected chi connectivity index (χ3v) is 3.81. The molecule has 0 bridgehead atoms. The molecule has 0 aliphatic heterocycles. The molecule has 0 amide bonds. The van der Waals surface area contributed by atoms with Crippen molar-refractivity contribution in [1.29, 1.82) is 0 Å². The number of rotatable bonds is 7. The Kier molecular flexibility index (Phi) is 6.20. The summed E-state index contributed by atoms with van der Waals surface area (Å²) in [6.45, 7) is 10.7. The average molecular weight is 248 g/mol. The molecule has 2 nitrogen and oxygen atoms in total. The fraction of sp³-hybridized carbons (Fsp3) is 0.625. The molecule has 0 aliphatic carbocycles. The normalized spacial score (nSPS) is 14.3. The molecule has 0 radical (unpaired) electrons. The van der Waals surface area contributed by atoms with Crippen LogP contribution in [0.4, 0.5) is 5.69 Å². The van der Waals surface area contributed by atoms with Gasteiger partial charge in [-0.1, -0.05) is 38.5 Å². The molecule has 0 saturated carbocycles. The summed E-state index contributed by atoms with van der Waals surface area (Å²) in [4.78, 5) is 2.47. The predicted molar refractivity (Wildman–Crippen MR) is 81.1 cm³/mol. The number of hydrogen-bond donors (Lipinski definition) is 1. The standard InChI is InChI=1S/C16H28N2/c1-5-9-13(3)16(12-17)18(6-2)15-11-8-7-10-14(15)4/h7-8,10-11,13,16H,5-6,9,12,17H2,1-4H3. The lowest BCUT2D eigenvalue weighted by Crippen LogP contribution is -2.45.